The van der Waals surface area contributed by atoms with E-state index in [-0.39, 0.29) is 53.9 Å². The van der Waals surface area contributed by atoms with Gasteiger partial charge in [0.15, 0.2) is 22.3 Å². The third-order valence-corrected chi connectivity index (χ3v) is 8.01. The summed E-state index contributed by atoms with van der Waals surface area (Å²) in [7, 11) is -3.91. The lowest BCUT2D eigenvalue weighted by Crippen LogP contribution is -2.41. The van der Waals surface area contributed by atoms with Gasteiger partial charge >= 0.3 is 0 Å². The van der Waals surface area contributed by atoms with Crippen molar-refractivity contribution in [2.45, 2.75) is 31.6 Å². The molecule has 0 atom stereocenters. The van der Waals surface area contributed by atoms with Crippen LogP contribution in [0.5, 0.6) is 0 Å². The van der Waals surface area contributed by atoms with Crippen molar-refractivity contribution < 1.29 is 26.5 Å². The van der Waals surface area contributed by atoms with Crippen LogP contribution in [0.1, 0.15) is 35.4 Å². The van der Waals surface area contributed by atoms with Crippen LogP contribution >= 0.6 is 0 Å². The first-order chi connectivity index (χ1) is 16.6. The molecule has 0 saturated carbocycles. The predicted octanol–water partition coefficient (Wildman–Crippen LogP) is 4.78. The van der Waals surface area contributed by atoms with Gasteiger partial charge in [0, 0.05) is 30.8 Å². The van der Waals surface area contributed by atoms with Crippen LogP contribution in [0.15, 0.2) is 51.9 Å². The Morgan fingerprint density at radius 1 is 1.06 bits per heavy atom. The van der Waals surface area contributed by atoms with Crippen LogP contribution in [-0.2, 0) is 14.8 Å². The third-order valence-electron chi connectivity index (χ3n) is 5.95. The van der Waals surface area contributed by atoms with Crippen molar-refractivity contribution in [3.05, 3.63) is 76.7 Å². The second-order valence-corrected chi connectivity index (χ2v) is 10.4. The second kappa shape index (κ2) is 10.1. The Balaban J connectivity index is 1.44. The molecule has 10 heteroatoms. The van der Waals surface area contributed by atoms with E-state index in [0.29, 0.717) is 0 Å². The lowest BCUT2D eigenvalue weighted by Gasteiger charge is -2.30. The molecule has 0 spiro atoms. The molecule has 1 fully saturated rings. The van der Waals surface area contributed by atoms with Crippen LogP contribution in [0.4, 0.5) is 14.5 Å². The normalized spacial score (nSPS) is 15.5. The number of benzene rings is 2. The quantitative estimate of drug-likeness (QED) is 0.525. The molecular formula is C25H25F2N3O4S. The summed E-state index contributed by atoms with van der Waals surface area (Å²) < 4.78 is 59.9. The number of nitrogens with zero attached hydrogens (tertiary/aromatic N) is 2. The monoisotopic (exact) mass is 501 g/mol. The summed E-state index contributed by atoms with van der Waals surface area (Å²) in [4.78, 5) is 12.6. The summed E-state index contributed by atoms with van der Waals surface area (Å²) in [5.74, 6) is -2.74. The van der Waals surface area contributed by atoms with Gasteiger partial charge in [0.05, 0.1) is 0 Å². The zero-order chi connectivity index (χ0) is 25.2. The number of carbonyl (C=O) groups is 1. The molecular weight excluding hydrogens is 476 g/mol. The molecule has 3 aromatic rings. The minimum Gasteiger partial charge on any atom is -0.355 e. The molecule has 1 aromatic heterocycles. The fraction of sp³-hybridized carbons (Fsp3) is 0.280. The Hall–Kier alpha value is -3.37. The number of carbonyl (C=O) groups excluding carboxylic acids is 1. The largest absolute Gasteiger partial charge is 0.355 e. The number of nitrogens with one attached hydrogen (secondary N) is 1. The average Bonchev–Trinajstić information content (AvgIpc) is 3.22. The van der Waals surface area contributed by atoms with Crippen LogP contribution in [0.2, 0.25) is 0 Å². The molecule has 1 N–H and O–H groups in total. The highest BCUT2D eigenvalue weighted by atomic mass is 32.2. The Bertz CT molecular complexity index is 1360. The molecule has 184 valence electrons. The molecule has 2 aromatic carbocycles. The van der Waals surface area contributed by atoms with Crippen molar-refractivity contribution >= 4 is 33.8 Å². The summed E-state index contributed by atoms with van der Waals surface area (Å²) in [5.41, 5.74) is 2.41. The van der Waals surface area contributed by atoms with E-state index in [1.807, 2.05) is 31.2 Å². The topological polar surface area (TPSA) is 92.5 Å². The van der Waals surface area contributed by atoms with E-state index in [0.717, 1.165) is 23.3 Å². The van der Waals surface area contributed by atoms with Gasteiger partial charge in [0.1, 0.15) is 5.69 Å². The van der Waals surface area contributed by atoms with E-state index in [1.54, 1.807) is 19.1 Å². The lowest BCUT2D eigenvalue weighted by molar-refractivity contribution is -0.120. The fourth-order valence-corrected chi connectivity index (χ4v) is 5.67. The molecule has 2 heterocycles. The summed E-state index contributed by atoms with van der Waals surface area (Å²) in [6.07, 6.45) is 3.91. The van der Waals surface area contributed by atoms with E-state index in [2.05, 4.69) is 10.5 Å². The molecule has 1 aliphatic rings. The Morgan fingerprint density at radius 2 is 1.74 bits per heavy atom. The van der Waals surface area contributed by atoms with Crippen molar-refractivity contribution in [1.29, 1.82) is 0 Å². The van der Waals surface area contributed by atoms with Gasteiger partial charge in [0.2, 0.25) is 15.9 Å². The van der Waals surface area contributed by atoms with Crippen molar-refractivity contribution in [1.82, 2.24) is 9.46 Å². The van der Waals surface area contributed by atoms with Crippen molar-refractivity contribution in [3.8, 4) is 0 Å². The number of aromatic nitrogens is 1. The standard InChI is InChI=1S/C25H25F2N3O4S/c1-16-3-5-18(6-4-16)7-10-23-24(17(2)29-34-23)35(32,33)30-13-11-19(12-14-30)25(31)28-20-8-9-21(26)22(27)15-20/h3-10,15,19H,11-14H2,1-2H3,(H,28,31)/b10-7+. The van der Waals surface area contributed by atoms with Gasteiger partial charge in [-0.15, -0.1) is 0 Å². The van der Waals surface area contributed by atoms with Crippen LogP contribution < -0.4 is 5.32 Å². The van der Waals surface area contributed by atoms with E-state index in [1.165, 1.54) is 10.4 Å². The van der Waals surface area contributed by atoms with E-state index < -0.39 is 27.6 Å². The number of anilines is 1. The summed E-state index contributed by atoms with van der Waals surface area (Å²) in [6, 6.07) is 10.9. The average molecular weight is 502 g/mol. The molecule has 0 unspecified atom stereocenters. The third kappa shape index (κ3) is 5.49. The zero-order valence-corrected chi connectivity index (χ0v) is 20.1. The van der Waals surface area contributed by atoms with Crippen molar-refractivity contribution in [3.63, 3.8) is 0 Å². The maximum Gasteiger partial charge on any atom is 0.248 e. The van der Waals surface area contributed by atoms with Crippen LogP contribution in [-0.4, -0.2) is 36.9 Å². The highest BCUT2D eigenvalue weighted by Gasteiger charge is 2.36. The van der Waals surface area contributed by atoms with Crippen LogP contribution in [0, 0.1) is 31.4 Å². The minimum absolute atomic E-state index is 0.00514. The number of hydrogen-bond acceptors (Lipinski definition) is 5. The van der Waals surface area contributed by atoms with Crippen LogP contribution in [0.25, 0.3) is 12.2 Å². The minimum atomic E-state index is -3.91. The molecule has 0 bridgehead atoms. The van der Waals surface area contributed by atoms with Crippen LogP contribution in [0.3, 0.4) is 0 Å². The molecule has 0 radical (unpaired) electrons. The SMILES string of the molecule is Cc1ccc(/C=C/c2onc(C)c2S(=O)(=O)N2CCC(C(=O)Nc3ccc(F)c(F)c3)CC2)cc1. The number of aryl methyl sites for hydroxylation is 2. The number of rotatable bonds is 6. The molecule has 1 saturated heterocycles. The fourth-order valence-electron chi connectivity index (χ4n) is 3.95. The number of halogens is 2. The smallest absolute Gasteiger partial charge is 0.248 e. The van der Waals surface area contributed by atoms with Gasteiger partial charge in [-0.3, -0.25) is 4.79 Å². The maximum absolute atomic E-state index is 13.4. The summed E-state index contributed by atoms with van der Waals surface area (Å²) in [5, 5.41) is 6.42. The Morgan fingerprint density at radius 3 is 2.40 bits per heavy atom. The molecule has 7 nitrogen and oxygen atoms in total. The number of hydrogen-bond donors (Lipinski definition) is 1. The zero-order valence-electron chi connectivity index (χ0n) is 19.3. The highest BCUT2D eigenvalue weighted by molar-refractivity contribution is 7.89. The number of piperidine rings is 1. The van der Waals surface area contributed by atoms with Gasteiger partial charge < -0.3 is 9.84 Å². The van der Waals surface area contributed by atoms with E-state index in [4.69, 9.17) is 4.52 Å². The maximum atomic E-state index is 13.4. The first-order valence-corrected chi connectivity index (χ1v) is 12.6. The predicted molar refractivity (Wildman–Crippen MR) is 128 cm³/mol. The first kappa shape index (κ1) is 24.7. The molecule has 1 aliphatic heterocycles. The first-order valence-electron chi connectivity index (χ1n) is 11.1. The molecule has 35 heavy (non-hydrogen) atoms. The second-order valence-electron chi connectivity index (χ2n) is 8.50. The van der Waals surface area contributed by atoms with Gasteiger partial charge in [-0.2, -0.15) is 4.31 Å². The van der Waals surface area contributed by atoms with Gasteiger partial charge in [-0.1, -0.05) is 41.1 Å². The molecule has 0 aliphatic carbocycles. The Kier molecular flexibility index (Phi) is 7.13. The summed E-state index contributed by atoms with van der Waals surface area (Å²) in [6.45, 7) is 3.81. The Labute approximate surface area is 202 Å². The van der Waals surface area contributed by atoms with Crippen molar-refractivity contribution in [2.75, 3.05) is 18.4 Å². The molecule has 4 rings (SSSR count). The molecule has 1 amide bonds. The number of sulfonamides is 1. The van der Waals surface area contributed by atoms with E-state index in [9.17, 15) is 22.0 Å². The summed E-state index contributed by atoms with van der Waals surface area (Å²) >= 11 is 0. The van der Waals surface area contributed by atoms with Crippen molar-refractivity contribution in [2.24, 2.45) is 5.92 Å². The van der Waals surface area contributed by atoms with Gasteiger partial charge in [0.25, 0.3) is 0 Å². The lowest BCUT2D eigenvalue weighted by atomic mass is 9.97. The van der Waals surface area contributed by atoms with Gasteiger partial charge in [-0.25, -0.2) is 17.2 Å². The number of amides is 1. The van der Waals surface area contributed by atoms with Gasteiger partial charge in [-0.05, 0) is 50.5 Å². The highest BCUT2D eigenvalue weighted by Crippen LogP contribution is 2.30. The van der Waals surface area contributed by atoms with E-state index >= 15 is 0 Å².